The van der Waals surface area contributed by atoms with E-state index in [0.29, 0.717) is 6.04 Å². The molecule has 2 rings (SSSR count). The van der Waals surface area contributed by atoms with Crippen LogP contribution >= 0.6 is 11.3 Å². The van der Waals surface area contributed by atoms with Crippen LogP contribution in [0.2, 0.25) is 0 Å². The average molecular weight is 280 g/mol. The molecular formula is C15H24N2OS. The molecule has 0 bridgehead atoms. The second-order valence-electron chi connectivity index (χ2n) is 5.14. The Morgan fingerprint density at radius 1 is 1.42 bits per heavy atom. The van der Waals surface area contributed by atoms with Gasteiger partial charge in [-0.05, 0) is 30.7 Å². The number of carbonyl (C=O) groups is 1. The molecule has 106 valence electrons. The predicted molar refractivity (Wildman–Crippen MR) is 80.1 cm³/mol. The standard InChI is InChI=1S/C15H24N2OS/c1-4-8-11(5-2)17-14(13-9-7-10-19-13)16-12(6-3)15(17)18/h7,9-12,14,16H,4-6,8H2,1-3H3. The number of carbonyl (C=O) groups excluding carboxylic acids is 1. The second kappa shape index (κ2) is 6.53. The van der Waals surface area contributed by atoms with Crippen LogP contribution in [0.15, 0.2) is 17.5 Å². The van der Waals surface area contributed by atoms with E-state index in [2.05, 4.69) is 48.5 Å². The fourth-order valence-electron chi connectivity index (χ4n) is 2.87. The Kier molecular flexibility index (Phi) is 4.99. The van der Waals surface area contributed by atoms with Crippen molar-refractivity contribution in [1.29, 1.82) is 0 Å². The predicted octanol–water partition coefficient (Wildman–Crippen LogP) is 3.54. The van der Waals surface area contributed by atoms with Crippen molar-refractivity contribution < 1.29 is 4.79 Å². The van der Waals surface area contributed by atoms with Crippen molar-refractivity contribution in [2.45, 2.75) is 64.7 Å². The molecule has 3 unspecified atom stereocenters. The van der Waals surface area contributed by atoms with Crippen LogP contribution in [-0.2, 0) is 4.79 Å². The molecule has 0 saturated carbocycles. The number of nitrogens with zero attached hydrogens (tertiary/aromatic N) is 1. The third kappa shape index (κ3) is 2.84. The summed E-state index contributed by atoms with van der Waals surface area (Å²) in [5.74, 6) is 0.279. The van der Waals surface area contributed by atoms with Gasteiger partial charge in [-0.15, -0.1) is 11.3 Å². The van der Waals surface area contributed by atoms with Gasteiger partial charge in [0.15, 0.2) is 0 Å². The Morgan fingerprint density at radius 3 is 2.74 bits per heavy atom. The highest BCUT2D eigenvalue weighted by molar-refractivity contribution is 7.10. The second-order valence-corrected chi connectivity index (χ2v) is 6.12. The molecule has 1 amide bonds. The summed E-state index contributed by atoms with van der Waals surface area (Å²) in [6.07, 6.45) is 4.17. The van der Waals surface area contributed by atoms with E-state index < -0.39 is 0 Å². The number of nitrogens with one attached hydrogen (secondary N) is 1. The minimum atomic E-state index is -0.0157. The number of rotatable bonds is 6. The van der Waals surface area contributed by atoms with Gasteiger partial charge >= 0.3 is 0 Å². The van der Waals surface area contributed by atoms with E-state index in [9.17, 15) is 4.79 Å². The van der Waals surface area contributed by atoms with Crippen LogP contribution in [0.5, 0.6) is 0 Å². The van der Waals surface area contributed by atoms with Crippen LogP contribution < -0.4 is 5.32 Å². The van der Waals surface area contributed by atoms with Gasteiger partial charge in [0.05, 0.1) is 6.04 Å². The van der Waals surface area contributed by atoms with Gasteiger partial charge in [-0.1, -0.05) is 33.3 Å². The lowest BCUT2D eigenvalue weighted by Crippen LogP contribution is -2.39. The highest BCUT2D eigenvalue weighted by Crippen LogP contribution is 2.33. The topological polar surface area (TPSA) is 32.3 Å². The number of hydrogen-bond acceptors (Lipinski definition) is 3. The lowest BCUT2D eigenvalue weighted by atomic mass is 10.1. The van der Waals surface area contributed by atoms with E-state index in [1.807, 2.05) is 0 Å². The van der Waals surface area contributed by atoms with E-state index in [1.165, 1.54) is 4.88 Å². The Balaban J connectivity index is 2.26. The van der Waals surface area contributed by atoms with Crippen LogP contribution in [0.25, 0.3) is 0 Å². The summed E-state index contributed by atoms with van der Waals surface area (Å²) < 4.78 is 0. The summed E-state index contributed by atoms with van der Waals surface area (Å²) in [5, 5.41) is 5.59. The average Bonchev–Trinajstić information content (AvgIpc) is 3.04. The van der Waals surface area contributed by atoms with Gasteiger partial charge in [0.25, 0.3) is 0 Å². The molecule has 19 heavy (non-hydrogen) atoms. The van der Waals surface area contributed by atoms with Crippen molar-refractivity contribution in [3.05, 3.63) is 22.4 Å². The summed E-state index contributed by atoms with van der Waals surface area (Å²) in [7, 11) is 0. The van der Waals surface area contributed by atoms with E-state index in [0.717, 1.165) is 25.7 Å². The van der Waals surface area contributed by atoms with Gasteiger partial charge in [-0.2, -0.15) is 0 Å². The van der Waals surface area contributed by atoms with Gasteiger partial charge < -0.3 is 4.90 Å². The monoisotopic (exact) mass is 280 g/mol. The molecule has 1 aromatic heterocycles. The molecule has 1 saturated heterocycles. The Labute approximate surface area is 120 Å². The molecule has 1 aliphatic heterocycles. The molecule has 0 aromatic carbocycles. The zero-order valence-electron chi connectivity index (χ0n) is 12.1. The normalized spacial score (nSPS) is 25.0. The zero-order valence-corrected chi connectivity index (χ0v) is 12.9. The van der Waals surface area contributed by atoms with Crippen molar-refractivity contribution in [2.24, 2.45) is 0 Å². The van der Waals surface area contributed by atoms with E-state index in [-0.39, 0.29) is 18.1 Å². The van der Waals surface area contributed by atoms with Crippen LogP contribution in [-0.4, -0.2) is 22.9 Å². The van der Waals surface area contributed by atoms with Gasteiger partial charge in [0.2, 0.25) is 5.91 Å². The minimum absolute atomic E-state index is 0.0157. The fraction of sp³-hybridized carbons (Fsp3) is 0.667. The maximum atomic E-state index is 12.6. The van der Waals surface area contributed by atoms with Gasteiger partial charge in [-0.3, -0.25) is 10.1 Å². The lowest BCUT2D eigenvalue weighted by molar-refractivity contribution is -0.132. The van der Waals surface area contributed by atoms with Gasteiger partial charge in [0.1, 0.15) is 6.17 Å². The smallest absolute Gasteiger partial charge is 0.241 e. The number of thiophene rings is 1. The summed E-state index contributed by atoms with van der Waals surface area (Å²) >= 11 is 1.73. The van der Waals surface area contributed by atoms with Crippen LogP contribution in [0.1, 0.15) is 57.5 Å². The van der Waals surface area contributed by atoms with Crippen molar-refractivity contribution in [2.75, 3.05) is 0 Å². The number of amides is 1. The summed E-state index contributed by atoms with van der Waals surface area (Å²) in [6.45, 7) is 6.44. The summed E-state index contributed by atoms with van der Waals surface area (Å²) in [6, 6.07) is 4.52. The van der Waals surface area contributed by atoms with Crippen molar-refractivity contribution in [3.8, 4) is 0 Å². The third-order valence-corrected chi connectivity index (χ3v) is 4.82. The molecule has 0 aliphatic carbocycles. The maximum Gasteiger partial charge on any atom is 0.241 e. The van der Waals surface area contributed by atoms with Crippen LogP contribution in [0.4, 0.5) is 0 Å². The molecule has 1 aromatic rings. The summed E-state index contributed by atoms with van der Waals surface area (Å²) in [4.78, 5) is 15.9. The van der Waals surface area contributed by atoms with Crippen molar-refractivity contribution in [3.63, 3.8) is 0 Å². The molecule has 0 spiro atoms. The first-order chi connectivity index (χ1) is 9.22. The first-order valence-electron chi connectivity index (χ1n) is 7.34. The summed E-state index contributed by atoms with van der Waals surface area (Å²) in [5.41, 5.74) is 0. The van der Waals surface area contributed by atoms with E-state index >= 15 is 0 Å². The van der Waals surface area contributed by atoms with Crippen LogP contribution in [0, 0.1) is 0 Å². The first-order valence-corrected chi connectivity index (χ1v) is 8.22. The molecule has 3 nitrogen and oxygen atoms in total. The molecule has 1 aliphatic rings. The molecule has 4 heteroatoms. The van der Waals surface area contributed by atoms with E-state index in [4.69, 9.17) is 0 Å². The molecule has 0 radical (unpaired) electrons. The molecule has 2 heterocycles. The minimum Gasteiger partial charge on any atom is -0.318 e. The largest absolute Gasteiger partial charge is 0.318 e. The first kappa shape index (κ1) is 14.5. The Morgan fingerprint density at radius 2 is 2.21 bits per heavy atom. The highest BCUT2D eigenvalue weighted by Gasteiger charge is 2.41. The Bertz CT molecular complexity index is 404. The van der Waals surface area contributed by atoms with Gasteiger partial charge in [0, 0.05) is 10.9 Å². The molecule has 3 atom stereocenters. The molecular weight excluding hydrogens is 256 g/mol. The molecule has 1 fully saturated rings. The third-order valence-electron chi connectivity index (χ3n) is 3.90. The van der Waals surface area contributed by atoms with Crippen molar-refractivity contribution >= 4 is 17.2 Å². The SMILES string of the molecule is CCCC(CC)N1C(=O)C(CC)NC1c1cccs1. The lowest BCUT2D eigenvalue weighted by Gasteiger charge is -2.31. The van der Waals surface area contributed by atoms with Crippen molar-refractivity contribution in [1.82, 2.24) is 10.2 Å². The quantitative estimate of drug-likeness (QED) is 0.864. The highest BCUT2D eigenvalue weighted by atomic mass is 32.1. The number of hydrogen-bond donors (Lipinski definition) is 1. The molecule has 1 N–H and O–H groups in total. The Hall–Kier alpha value is -0.870. The van der Waals surface area contributed by atoms with E-state index in [1.54, 1.807) is 11.3 Å². The van der Waals surface area contributed by atoms with Crippen LogP contribution in [0.3, 0.4) is 0 Å². The van der Waals surface area contributed by atoms with Gasteiger partial charge in [-0.25, -0.2) is 0 Å². The fourth-order valence-corrected chi connectivity index (χ4v) is 3.65. The maximum absolute atomic E-state index is 12.6. The zero-order chi connectivity index (χ0) is 13.8.